The Bertz CT molecular complexity index is 344. The third-order valence-corrected chi connectivity index (χ3v) is 2.16. The maximum atomic E-state index is 11.4. The van der Waals surface area contributed by atoms with Gasteiger partial charge in [0.1, 0.15) is 5.78 Å². The smallest absolute Gasteiger partial charge is 0.333 e. The number of rotatable bonds is 9. The van der Waals surface area contributed by atoms with Crippen LogP contribution in [0.25, 0.3) is 0 Å². The second-order valence-electron chi connectivity index (χ2n) is 4.60. The van der Waals surface area contributed by atoms with E-state index in [0.717, 1.165) is 0 Å². The zero-order valence-electron chi connectivity index (χ0n) is 11.9. The molecule has 0 heterocycles. The molecule has 19 heavy (non-hydrogen) atoms. The van der Waals surface area contributed by atoms with Crippen molar-refractivity contribution in [1.82, 2.24) is 0 Å². The fourth-order valence-electron chi connectivity index (χ4n) is 1.25. The third-order valence-electron chi connectivity index (χ3n) is 2.16. The largest absolute Gasteiger partial charge is 0.463 e. The molecule has 0 rings (SSSR count). The SMILES string of the molecule is C=C(C)C(=O)OCCCC(=O)CCC(=O)OC(C)C. The van der Waals surface area contributed by atoms with Crippen LogP contribution < -0.4 is 0 Å². The van der Waals surface area contributed by atoms with Crippen molar-refractivity contribution in [3.63, 3.8) is 0 Å². The highest BCUT2D eigenvalue weighted by atomic mass is 16.5. The lowest BCUT2D eigenvalue weighted by atomic mass is 10.1. The van der Waals surface area contributed by atoms with Crippen LogP contribution in [-0.2, 0) is 23.9 Å². The molecule has 0 aliphatic heterocycles. The third kappa shape index (κ3) is 10.00. The Hall–Kier alpha value is -1.65. The maximum Gasteiger partial charge on any atom is 0.333 e. The molecule has 0 bridgehead atoms. The number of hydrogen-bond donors (Lipinski definition) is 0. The first-order valence-electron chi connectivity index (χ1n) is 6.36. The van der Waals surface area contributed by atoms with E-state index in [4.69, 9.17) is 9.47 Å². The summed E-state index contributed by atoms with van der Waals surface area (Å²) in [5.41, 5.74) is 0.336. The van der Waals surface area contributed by atoms with Crippen LogP contribution in [0, 0.1) is 0 Å². The Balaban J connectivity index is 3.63. The molecule has 0 radical (unpaired) electrons. The van der Waals surface area contributed by atoms with Crippen molar-refractivity contribution in [2.24, 2.45) is 0 Å². The topological polar surface area (TPSA) is 69.7 Å². The molecule has 0 unspecified atom stereocenters. The average molecular weight is 270 g/mol. The fraction of sp³-hybridized carbons (Fsp3) is 0.643. The van der Waals surface area contributed by atoms with Gasteiger partial charge in [0.2, 0.25) is 0 Å². The van der Waals surface area contributed by atoms with Crippen LogP contribution >= 0.6 is 0 Å². The van der Waals surface area contributed by atoms with Gasteiger partial charge in [-0.2, -0.15) is 0 Å². The number of Topliss-reactive ketones (excluding diaryl/α,β-unsaturated/α-hetero) is 1. The van der Waals surface area contributed by atoms with Crippen LogP contribution in [0.3, 0.4) is 0 Å². The van der Waals surface area contributed by atoms with E-state index in [9.17, 15) is 14.4 Å². The van der Waals surface area contributed by atoms with E-state index in [-0.39, 0.29) is 37.3 Å². The number of carbonyl (C=O) groups excluding carboxylic acids is 3. The number of ether oxygens (including phenoxy) is 2. The summed E-state index contributed by atoms with van der Waals surface area (Å²) in [6.07, 6.45) is 0.849. The van der Waals surface area contributed by atoms with Gasteiger partial charge in [0.05, 0.1) is 19.1 Å². The van der Waals surface area contributed by atoms with Gasteiger partial charge in [-0.15, -0.1) is 0 Å². The van der Waals surface area contributed by atoms with Crippen LogP contribution in [0.4, 0.5) is 0 Å². The van der Waals surface area contributed by atoms with E-state index in [1.165, 1.54) is 0 Å². The molecule has 0 atom stereocenters. The minimum atomic E-state index is -0.451. The molecule has 0 saturated carbocycles. The van der Waals surface area contributed by atoms with Gasteiger partial charge in [-0.05, 0) is 27.2 Å². The minimum Gasteiger partial charge on any atom is -0.463 e. The van der Waals surface area contributed by atoms with E-state index in [0.29, 0.717) is 18.4 Å². The summed E-state index contributed by atoms with van der Waals surface area (Å²) in [5, 5.41) is 0. The molecule has 0 fully saturated rings. The van der Waals surface area contributed by atoms with Crippen molar-refractivity contribution in [2.45, 2.75) is 52.6 Å². The molecule has 0 aliphatic rings. The number of hydrogen-bond acceptors (Lipinski definition) is 5. The second-order valence-corrected chi connectivity index (χ2v) is 4.60. The minimum absolute atomic E-state index is 0.0351. The van der Waals surface area contributed by atoms with Crippen LogP contribution in [-0.4, -0.2) is 30.4 Å². The number of carbonyl (C=O) groups is 3. The zero-order chi connectivity index (χ0) is 14.8. The van der Waals surface area contributed by atoms with Crippen molar-refractivity contribution in [3.05, 3.63) is 12.2 Å². The monoisotopic (exact) mass is 270 g/mol. The second kappa shape index (κ2) is 9.30. The van der Waals surface area contributed by atoms with Gasteiger partial charge in [-0.25, -0.2) is 4.79 Å². The quantitative estimate of drug-likeness (QED) is 0.365. The first-order chi connectivity index (χ1) is 8.82. The predicted octanol–water partition coefficient (Wildman–Crippen LogP) is 2.19. The van der Waals surface area contributed by atoms with E-state index in [2.05, 4.69) is 6.58 Å². The standard InChI is InChI=1S/C14H22O5/c1-10(2)14(17)18-9-5-6-12(15)7-8-13(16)19-11(3)4/h11H,1,5-9H2,2-4H3. The van der Waals surface area contributed by atoms with Crippen LogP contribution in [0.2, 0.25) is 0 Å². The zero-order valence-corrected chi connectivity index (χ0v) is 11.9. The van der Waals surface area contributed by atoms with Gasteiger partial charge in [0.15, 0.2) is 0 Å². The summed E-state index contributed by atoms with van der Waals surface area (Å²) in [5.74, 6) is -0.850. The van der Waals surface area contributed by atoms with Crippen molar-refractivity contribution in [2.75, 3.05) is 6.61 Å². The van der Waals surface area contributed by atoms with Crippen molar-refractivity contribution in [3.8, 4) is 0 Å². The van der Waals surface area contributed by atoms with Crippen molar-refractivity contribution < 1.29 is 23.9 Å². The summed E-state index contributed by atoms with van der Waals surface area (Å²) >= 11 is 0. The highest BCUT2D eigenvalue weighted by molar-refractivity contribution is 5.87. The lowest BCUT2D eigenvalue weighted by molar-refractivity contribution is -0.148. The van der Waals surface area contributed by atoms with Gasteiger partial charge in [-0.3, -0.25) is 9.59 Å². The number of ketones is 1. The molecule has 0 saturated heterocycles. The van der Waals surface area contributed by atoms with Crippen LogP contribution in [0.15, 0.2) is 12.2 Å². The summed E-state index contributed by atoms with van der Waals surface area (Å²) < 4.78 is 9.76. The molecule has 5 nitrogen and oxygen atoms in total. The predicted molar refractivity (Wildman–Crippen MR) is 70.5 cm³/mol. The fourth-order valence-corrected chi connectivity index (χ4v) is 1.25. The highest BCUT2D eigenvalue weighted by Crippen LogP contribution is 2.03. The van der Waals surface area contributed by atoms with E-state index in [1.54, 1.807) is 20.8 Å². The molecular weight excluding hydrogens is 248 g/mol. The van der Waals surface area contributed by atoms with Gasteiger partial charge in [-0.1, -0.05) is 6.58 Å². The molecule has 0 N–H and O–H groups in total. The highest BCUT2D eigenvalue weighted by Gasteiger charge is 2.10. The van der Waals surface area contributed by atoms with Gasteiger partial charge in [0, 0.05) is 18.4 Å². The molecule has 0 aromatic carbocycles. The Labute approximate surface area is 114 Å². The summed E-state index contributed by atoms with van der Waals surface area (Å²) in [6.45, 7) is 8.72. The van der Waals surface area contributed by atoms with Crippen molar-refractivity contribution in [1.29, 1.82) is 0 Å². The summed E-state index contributed by atoms with van der Waals surface area (Å²) in [6, 6.07) is 0. The summed E-state index contributed by atoms with van der Waals surface area (Å²) in [7, 11) is 0. The summed E-state index contributed by atoms with van der Waals surface area (Å²) in [4.78, 5) is 33.7. The van der Waals surface area contributed by atoms with E-state index in [1.807, 2.05) is 0 Å². The first-order valence-corrected chi connectivity index (χ1v) is 6.36. The van der Waals surface area contributed by atoms with Gasteiger partial charge < -0.3 is 9.47 Å². The molecule has 108 valence electrons. The molecule has 0 aromatic heterocycles. The molecule has 0 aromatic rings. The lowest BCUT2D eigenvalue weighted by Crippen LogP contribution is -2.13. The normalized spacial score (nSPS) is 10.1. The van der Waals surface area contributed by atoms with Crippen LogP contribution in [0.1, 0.15) is 46.5 Å². The van der Waals surface area contributed by atoms with E-state index < -0.39 is 5.97 Å². The first kappa shape index (κ1) is 17.4. The molecule has 0 aliphatic carbocycles. The molecule has 0 amide bonds. The molecular formula is C14H22O5. The van der Waals surface area contributed by atoms with Gasteiger partial charge in [0.25, 0.3) is 0 Å². The molecule has 0 spiro atoms. The Morgan fingerprint density at radius 2 is 1.74 bits per heavy atom. The number of esters is 2. The lowest BCUT2D eigenvalue weighted by Gasteiger charge is -2.07. The van der Waals surface area contributed by atoms with Gasteiger partial charge >= 0.3 is 11.9 Å². The van der Waals surface area contributed by atoms with Crippen molar-refractivity contribution >= 4 is 17.7 Å². The maximum absolute atomic E-state index is 11.4. The van der Waals surface area contributed by atoms with E-state index >= 15 is 0 Å². The molecule has 5 heteroatoms. The Morgan fingerprint density at radius 1 is 1.11 bits per heavy atom. The van der Waals surface area contributed by atoms with Crippen LogP contribution in [0.5, 0.6) is 0 Å². The Kier molecular flexibility index (Phi) is 8.49. The Morgan fingerprint density at radius 3 is 2.26 bits per heavy atom. The average Bonchev–Trinajstić information content (AvgIpc) is 2.30.